The zero-order valence-electron chi connectivity index (χ0n) is 43.8. The highest BCUT2D eigenvalue weighted by Gasteiger charge is 2.51. The Morgan fingerprint density at radius 1 is 0.457 bits per heavy atom. The molecule has 0 radical (unpaired) electrons. The maximum atomic E-state index is 12.9. The molecular formula is C56H101O13P. The number of carbonyl (C=O) groups is 2. The minimum atomic E-state index is -5.13. The van der Waals surface area contributed by atoms with Crippen LogP contribution in [0.1, 0.15) is 239 Å². The van der Waals surface area contributed by atoms with Gasteiger partial charge >= 0.3 is 19.8 Å². The molecule has 70 heavy (non-hydrogen) atoms. The third-order valence-corrected chi connectivity index (χ3v) is 13.9. The van der Waals surface area contributed by atoms with Crippen LogP contribution in [-0.4, -0.2) is 98.3 Å². The second-order valence-corrected chi connectivity index (χ2v) is 20.8. The quantitative estimate of drug-likeness (QED) is 0.0145. The molecule has 0 spiro atoms. The van der Waals surface area contributed by atoms with Crippen molar-refractivity contribution in [2.24, 2.45) is 0 Å². The van der Waals surface area contributed by atoms with Gasteiger partial charge in [-0.2, -0.15) is 0 Å². The first-order chi connectivity index (χ1) is 33.9. The summed E-state index contributed by atoms with van der Waals surface area (Å²) >= 11 is 0. The van der Waals surface area contributed by atoms with E-state index in [-0.39, 0.29) is 12.8 Å². The van der Waals surface area contributed by atoms with Crippen LogP contribution < -0.4 is 0 Å². The lowest BCUT2D eigenvalue weighted by Gasteiger charge is -2.41. The minimum absolute atomic E-state index is 0.0811. The molecule has 0 aromatic rings. The van der Waals surface area contributed by atoms with Crippen LogP contribution in [0.25, 0.3) is 0 Å². The third kappa shape index (κ3) is 36.7. The number of hydrogen-bond acceptors (Lipinski definition) is 12. The fourth-order valence-electron chi connectivity index (χ4n) is 8.52. The molecule has 1 aliphatic carbocycles. The SMILES string of the molecule is CC/C=C\C/C=C\C/C=C\C/C=C\CCCCCCCCC(=O)OC(COC(=O)CCCCCCCCCCCCCCCCCCCCCCCC)COP(=O)(O)OC1C(O)C(O)C(O)C(O)C1O. The molecule has 0 heterocycles. The fraction of sp³-hybridized carbons (Fsp3) is 0.821. The van der Waals surface area contributed by atoms with E-state index in [1.807, 2.05) is 0 Å². The van der Waals surface area contributed by atoms with Gasteiger partial charge in [0.15, 0.2) is 6.10 Å². The minimum Gasteiger partial charge on any atom is -0.462 e. The number of phosphoric ester groups is 1. The summed E-state index contributed by atoms with van der Waals surface area (Å²) < 4.78 is 33.7. The van der Waals surface area contributed by atoms with Gasteiger partial charge in [0.25, 0.3) is 0 Å². The van der Waals surface area contributed by atoms with Gasteiger partial charge in [-0.15, -0.1) is 0 Å². The summed E-state index contributed by atoms with van der Waals surface area (Å²) in [4.78, 5) is 35.9. The summed E-state index contributed by atoms with van der Waals surface area (Å²) in [6, 6.07) is 0. The smallest absolute Gasteiger partial charge is 0.462 e. The molecule has 6 unspecified atom stereocenters. The van der Waals surface area contributed by atoms with Gasteiger partial charge in [-0.3, -0.25) is 18.6 Å². The lowest BCUT2D eigenvalue weighted by atomic mass is 9.85. The molecule has 1 saturated carbocycles. The van der Waals surface area contributed by atoms with E-state index in [0.717, 1.165) is 83.5 Å². The van der Waals surface area contributed by atoms with Gasteiger partial charge in [-0.1, -0.05) is 223 Å². The third-order valence-electron chi connectivity index (χ3n) is 12.9. The average molecular weight is 1010 g/mol. The summed E-state index contributed by atoms with van der Waals surface area (Å²) in [6.07, 6.45) is 43.0. The van der Waals surface area contributed by atoms with Crippen LogP contribution in [0.3, 0.4) is 0 Å². The summed E-state index contributed by atoms with van der Waals surface area (Å²) in [5, 5.41) is 50.4. The molecule has 13 nitrogen and oxygen atoms in total. The number of unbranched alkanes of at least 4 members (excludes halogenated alkanes) is 27. The van der Waals surface area contributed by atoms with Crippen molar-refractivity contribution in [1.29, 1.82) is 0 Å². The number of rotatable bonds is 47. The van der Waals surface area contributed by atoms with Crippen LogP contribution >= 0.6 is 7.82 Å². The Balaban J connectivity index is 2.35. The first-order valence-corrected chi connectivity index (χ1v) is 29.4. The molecule has 1 fully saturated rings. The largest absolute Gasteiger partial charge is 0.472 e. The van der Waals surface area contributed by atoms with Crippen molar-refractivity contribution < 1.29 is 63.1 Å². The molecule has 6 N–H and O–H groups in total. The molecule has 1 rings (SSSR count). The van der Waals surface area contributed by atoms with Crippen molar-refractivity contribution >= 4 is 19.8 Å². The van der Waals surface area contributed by atoms with Crippen molar-refractivity contribution in [1.82, 2.24) is 0 Å². The van der Waals surface area contributed by atoms with Gasteiger partial charge in [0.2, 0.25) is 0 Å². The van der Waals surface area contributed by atoms with Crippen molar-refractivity contribution in [2.75, 3.05) is 13.2 Å². The Kier molecular flexibility index (Phi) is 42.7. The predicted octanol–water partition coefficient (Wildman–Crippen LogP) is 12.7. The Morgan fingerprint density at radius 3 is 1.24 bits per heavy atom. The average Bonchev–Trinajstić information content (AvgIpc) is 3.34. The number of phosphoric acid groups is 1. The monoisotopic (exact) mass is 1010 g/mol. The lowest BCUT2D eigenvalue weighted by Crippen LogP contribution is -2.64. The Bertz CT molecular complexity index is 1400. The highest BCUT2D eigenvalue weighted by atomic mass is 31.2. The van der Waals surface area contributed by atoms with Gasteiger partial charge in [-0.05, 0) is 51.4 Å². The summed E-state index contributed by atoms with van der Waals surface area (Å²) in [7, 11) is -5.13. The van der Waals surface area contributed by atoms with Crippen LogP contribution in [0.15, 0.2) is 48.6 Å². The van der Waals surface area contributed by atoms with Crippen molar-refractivity contribution in [3.63, 3.8) is 0 Å². The van der Waals surface area contributed by atoms with E-state index in [2.05, 4.69) is 62.5 Å². The second kappa shape index (κ2) is 45.4. The highest BCUT2D eigenvalue weighted by molar-refractivity contribution is 7.47. The molecule has 0 amide bonds. The van der Waals surface area contributed by atoms with Gasteiger partial charge in [0.05, 0.1) is 6.61 Å². The first-order valence-electron chi connectivity index (χ1n) is 27.9. The standard InChI is InChI=1S/C56H101O13P/c1-3-5-7-9-11-13-15-17-19-21-23-24-25-27-28-30-32-34-36-38-40-42-44-49(57)66-46-48(47-67-70(64,65)69-56-54(62)52(60)51(59)53(61)55(56)63)68-50(58)45-43-41-39-37-35-33-31-29-26-22-20-18-16-14-12-10-8-6-4-2/h6,8,12,14,18,20,26,29,48,51-56,59-63H,3-5,7,9-11,13,15-17,19,21-25,27-28,30-47H2,1-2H3,(H,64,65)/b8-6-,14-12-,20-18-,29-26-. The van der Waals surface area contributed by atoms with E-state index in [9.17, 15) is 44.6 Å². The van der Waals surface area contributed by atoms with E-state index in [1.165, 1.54) is 116 Å². The maximum Gasteiger partial charge on any atom is 0.472 e. The number of ether oxygens (including phenoxy) is 2. The van der Waals surface area contributed by atoms with Crippen molar-refractivity contribution in [3.8, 4) is 0 Å². The molecule has 1 aliphatic rings. The molecule has 6 atom stereocenters. The number of carbonyl (C=O) groups excluding carboxylic acids is 2. The molecule has 0 aromatic heterocycles. The van der Waals surface area contributed by atoms with Crippen LogP contribution in [0.5, 0.6) is 0 Å². The van der Waals surface area contributed by atoms with Gasteiger partial charge in [0.1, 0.15) is 43.2 Å². The van der Waals surface area contributed by atoms with Gasteiger partial charge < -0.3 is 39.9 Å². The molecule has 14 heteroatoms. The molecule has 0 aliphatic heterocycles. The summed E-state index contributed by atoms with van der Waals surface area (Å²) in [5.74, 6) is -1.11. The zero-order valence-corrected chi connectivity index (χ0v) is 44.7. The van der Waals surface area contributed by atoms with Crippen LogP contribution in [0.2, 0.25) is 0 Å². The summed E-state index contributed by atoms with van der Waals surface area (Å²) in [6.45, 7) is 3.22. The first kappa shape index (κ1) is 65.8. The van der Waals surface area contributed by atoms with Crippen LogP contribution in [0.4, 0.5) is 0 Å². The van der Waals surface area contributed by atoms with Crippen LogP contribution in [-0.2, 0) is 32.7 Å². The fourth-order valence-corrected chi connectivity index (χ4v) is 9.49. The van der Waals surface area contributed by atoms with E-state index >= 15 is 0 Å². The predicted molar refractivity (Wildman–Crippen MR) is 281 cm³/mol. The molecule has 408 valence electrons. The topological polar surface area (TPSA) is 210 Å². The van der Waals surface area contributed by atoms with E-state index in [1.54, 1.807) is 0 Å². The number of hydrogen-bond donors (Lipinski definition) is 6. The molecule has 0 aromatic carbocycles. The Labute approximate surface area is 424 Å². The number of esters is 2. The normalized spacial score (nSPS) is 21.1. The van der Waals surface area contributed by atoms with E-state index < -0.39 is 75.7 Å². The number of allylic oxidation sites excluding steroid dienone is 8. The number of aliphatic hydroxyl groups is 5. The Morgan fingerprint density at radius 2 is 0.814 bits per heavy atom. The molecule has 0 bridgehead atoms. The maximum absolute atomic E-state index is 12.9. The van der Waals surface area contributed by atoms with Crippen molar-refractivity contribution in [2.45, 2.75) is 281 Å². The zero-order chi connectivity index (χ0) is 51.3. The summed E-state index contributed by atoms with van der Waals surface area (Å²) in [5.41, 5.74) is 0. The van der Waals surface area contributed by atoms with Crippen LogP contribution in [0, 0.1) is 0 Å². The van der Waals surface area contributed by atoms with E-state index in [0.29, 0.717) is 12.8 Å². The molecular weight excluding hydrogens is 912 g/mol. The van der Waals surface area contributed by atoms with Gasteiger partial charge in [0, 0.05) is 12.8 Å². The highest BCUT2D eigenvalue weighted by Crippen LogP contribution is 2.47. The Hall–Kier alpha value is -2.19. The van der Waals surface area contributed by atoms with Gasteiger partial charge in [-0.25, -0.2) is 4.57 Å². The molecule has 0 saturated heterocycles. The van der Waals surface area contributed by atoms with Crippen molar-refractivity contribution in [3.05, 3.63) is 48.6 Å². The lowest BCUT2D eigenvalue weighted by molar-refractivity contribution is -0.220. The van der Waals surface area contributed by atoms with E-state index in [4.69, 9.17) is 18.5 Å². The second-order valence-electron chi connectivity index (χ2n) is 19.4. The number of aliphatic hydroxyl groups excluding tert-OH is 5.